The van der Waals surface area contributed by atoms with Gasteiger partial charge in [0.2, 0.25) is 4.96 Å². The Labute approximate surface area is 125 Å². The number of hydrogen-bond acceptors (Lipinski definition) is 4. The van der Waals surface area contributed by atoms with Crippen molar-refractivity contribution in [2.45, 2.75) is 31.6 Å². The monoisotopic (exact) mass is 304 g/mol. The van der Waals surface area contributed by atoms with Crippen molar-refractivity contribution in [3.8, 4) is 0 Å². The molecule has 0 radical (unpaired) electrons. The highest BCUT2D eigenvalue weighted by atomic mass is 35.5. The third-order valence-electron chi connectivity index (χ3n) is 3.80. The van der Waals surface area contributed by atoms with Crippen molar-refractivity contribution in [1.29, 1.82) is 0 Å². The highest BCUT2D eigenvalue weighted by molar-refractivity contribution is 7.16. The topological polar surface area (TPSA) is 43.1 Å². The minimum Gasteiger partial charge on any atom is -0.187 e. The SMILES string of the molecule is Clc1ccc(Cc2nnc3sc(C4CCC4)nn23)cc1. The Bertz CT molecular complexity index is 742. The Kier molecular flexibility index (Phi) is 2.97. The van der Waals surface area contributed by atoms with Gasteiger partial charge in [0.05, 0.1) is 0 Å². The van der Waals surface area contributed by atoms with Crippen molar-refractivity contribution >= 4 is 27.9 Å². The van der Waals surface area contributed by atoms with E-state index in [1.54, 1.807) is 11.3 Å². The van der Waals surface area contributed by atoms with Crippen LogP contribution >= 0.6 is 22.9 Å². The van der Waals surface area contributed by atoms with Gasteiger partial charge in [-0.15, -0.1) is 10.2 Å². The molecule has 0 atom stereocenters. The van der Waals surface area contributed by atoms with E-state index in [4.69, 9.17) is 16.7 Å². The summed E-state index contributed by atoms with van der Waals surface area (Å²) in [6.07, 6.45) is 4.57. The lowest BCUT2D eigenvalue weighted by atomic mass is 9.86. The smallest absolute Gasteiger partial charge is 0.187 e. The van der Waals surface area contributed by atoms with Crippen LogP contribution in [0.5, 0.6) is 0 Å². The molecule has 3 aromatic rings. The van der Waals surface area contributed by atoms with E-state index in [0.717, 1.165) is 22.2 Å². The van der Waals surface area contributed by atoms with Gasteiger partial charge in [-0.1, -0.05) is 41.5 Å². The van der Waals surface area contributed by atoms with Crippen LogP contribution in [0.25, 0.3) is 4.96 Å². The van der Waals surface area contributed by atoms with Crippen LogP contribution in [-0.2, 0) is 6.42 Å². The molecule has 0 aliphatic heterocycles. The van der Waals surface area contributed by atoms with Crippen molar-refractivity contribution < 1.29 is 0 Å². The molecule has 4 nitrogen and oxygen atoms in total. The first-order valence-electron chi connectivity index (χ1n) is 6.75. The average Bonchev–Trinajstić information content (AvgIpc) is 2.92. The molecule has 6 heteroatoms. The van der Waals surface area contributed by atoms with E-state index in [-0.39, 0.29) is 0 Å². The van der Waals surface area contributed by atoms with Gasteiger partial charge in [-0.25, -0.2) is 0 Å². The molecule has 0 saturated heterocycles. The Hall–Kier alpha value is -1.46. The molecule has 0 amide bonds. The number of hydrogen-bond donors (Lipinski definition) is 0. The van der Waals surface area contributed by atoms with E-state index < -0.39 is 0 Å². The average molecular weight is 305 g/mol. The van der Waals surface area contributed by atoms with E-state index >= 15 is 0 Å². The minimum absolute atomic E-state index is 0.644. The molecule has 2 heterocycles. The summed E-state index contributed by atoms with van der Waals surface area (Å²) in [4.78, 5) is 0.899. The summed E-state index contributed by atoms with van der Waals surface area (Å²) < 4.78 is 1.90. The van der Waals surface area contributed by atoms with Gasteiger partial charge >= 0.3 is 0 Å². The first-order valence-corrected chi connectivity index (χ1v) is 7.94. The number of benzene rings is 1. The lowest BCUT2D eigenvalue weighted by Gasteiger charge is -2.21. The normalized spacial score (nSPS) is 15.7. The second-order valence-corrected chi connectivity index (χ2v) is 6.61. The summed E-state index contributed by atoms with van der Waals surface area (Å²) >= 11 is 7.58. The quantitative estimate of drug-likeness (QED) is 0.741. The summed E-state index contributed by atoms with van der Waals surface area (Å²) in [5, 5.41) is 15.1. The van der Waals surface area contributed by atoms with Crippen LogP contribution in [0.3, 0.4) is 0 Å². The van der Waals surface area contributed by atoms with Crippen molar-refractivity contribution in [1.82, 2.24) is 19.8 Å². The number of aromatic nitrogens is 4. The van der Waals surface area contributed by atoms with E-state index in [1.165, 1.54) is 29.8 Å². The largest absolute Gasteiger partial charge is 0.234 e. The van der Waals surface area contributed by atoms with Crippen LogP contribution in [-0.4, -0.2) is 19.8 Å². The molecule has 1 aliphatic carbocycles. The molecule has 1 saturated carbocycles. The highest BCUT2D eigenvalue weighted by Crippen LogP contribution is 2.38. The summed E-state index contributed by atoms with van der Waals surface area (Å²) in [5.74, 6) is 1.54. The van der Waals surface area contributed by atoms with Gasteiger partial charge in [0.15, 0.2) is 5.82 Å². The zero-order valence-corrected chi connectivity index (χ0v) is 12.4. The molecular weight excluding hydrogens is 292 g/mol. The third-order valence-corrected chi connectivity index (χ3v) is 5.11. The van der Waals surface area contributed by atoms with E-state index in [1.807, 2.05) is 28.8 Å². The lowest BCUT2D eigenvalue weighted by Crippen LogP contribution is -2.09. The van der Waals surface area contributed by atoms with Gasteiger partial charge in [0.1, 0.15) is 5.01 Å². The summed E-state index contributed by atoms with van der Waals surface area (Å²) in [5.41, 5.74) is 1.17. The Morgan fingerprint density at radius 1 is 1.20 bits per heavy atom. The number of halogens is 1. The summed E-state index contributed by atoms with van der Waals surface area (Å²) in [7, 11) is 0. The fourth-order valence-corrected chi connectivity index (χ4v) is 3.54. The first-order chi connectivity index (χ1) is 9.79. The van der Waals surface area contributed by atoms with Crippen LogP contribution in [0.2, 0.25) is 5.02 Å². The summed E-state index contributed by atoms with van der Waals surface area (Å²) in [6, 6.07) is 7.83. The van der Waals surface area contributed by atoms with Gasteiger partial charge in [-0.2, -0.15) is 9.61 Å². The van der Waals surface area contributed by atoms with Crippen LogP contribution < -0.4 is 0 Å². The van der Waals surface area contributed by atoms with Crippen LogP contribution in [0.1, 0.15) is 41.6 Å². The van der Waals surface area contributed by atoms with E-state index in [0.29, 0.717) is 5.92 Å². The Balaban J connectivity index is 1.65. The van der Waals surface area contributed by atoms with Crippen LogP contribution in [0.15, 0.2) is 24.3 Å². The minimum atomic E-state index is 0.644. The predicted octanol–water partition coefficient (Wildman–Crippen LogP) is 3.70. The van der Waals surface area contributed by atoms with Crippen molar-refractivity contribution in [2.75, 3.05) is 0 Å². The molecule has 20 heavy (non-hydrogen) atoms. The van der Waals surface area contributed by atoms with Crippen molar-refractivity contribution in [3.05, 3.63) is 45.7 Å². The molecule has 2 aromatic heterocycles. The maximum Gasteiger partial charge on any atom is 0.234 e. The third kappa shape index (κ3) is 2.11. The zero-order valence-electron chi connectivity index (χ0n) is 10.8. The lowest BCUT2D eigenvalue weighted by molar-refractivity contribution is 0.414. The van der Waals surface area contributed by atoms with Crippen molar-refractivity contribution in [3.63, 3.8) is 0 Å². The molecule has 102 valence electrons. The Morgan fingerprint density at radius 2 is 2.00 bits per heavy atom. The van der Waals surface area contributed by atoms with Gasteiger partial charge in [-0.05, 0) is 30.5 Å². The molecule has 0 bridgehead atoms. The van der Waals surface area contributed by atoms with Gasteiger partial charge in [0.25, 0.3) is 0 Å². The summed E-state index contributed by atoms with van der Waals surface area (Å²) in [6.45, 7) is 0. The number of rotatable bonds is 3. The number of fused-ring (bicyclic) bond motifs is 1. The molecule has 0 N–H and O–H groups in total. The molecule has 0 unspecified atom stereocenters. The second-order valence-electron chi connectivity index (χ2n) is 5.18. The van der Waals surface area contributed by atoms with Crippen molar-refractivity contribution in [2.24, 2.45) is 0 Å². The maximum absolute atomic E-state index is 5.91. The molecule has 1 aliphatic rings. The second kappa shape index (κ2) is 4.82. The first kappa shape index (κ1) is 12.3. The molecular formula is C14H13ClN4S. The standard InChI is InChI=1S/C14H13ClN4S/c15-11-6-4-9(5-7-11)8-12-16-17-14-19(12)18-13(20-14)10-2-1-3-10/h4-7,10H,1-3,8H2. The number of nitrogens with zero attached hydrogens (tertiary/aromatic N) is 4. The molecule has 1 fully saturated rings. The fraction of sp³-hybridized carbons (Fsp3) is 0.357. The van der Waals surface area contributed by atoms with Crippen LogP contribution in [0, 0.1) is 0 Å². The molecule has 1 aromatic carbocycles. The maximum atomic E-state index is 5.91. The van der Waals surface area contributed by atoms with E-state index in [2.05, 4.69) is 10.2 Å². The fourth-order valence-electron chi connectivity index (χ4n) is 2.39. The Morgan fingerprint density at radius 3 is 2.70 bits per heavy atom. The van der Waals surface area contributed by atoms with Gasteiger partial charge in [0, 0.05) is 17.4 Å². The molecule has 4 rings (SSSR count). The van der Waals surface area contributed by atoms with Crippen LogP contribution in [0.4, 0.5) is 0 Å². The zero-order chi connectivity index (χ0) is 13.5. The van der Waals surface area contributed by atoms with E-state index in [9.17, 15) is 0 Å². The van der Waals surface area contributed by atoms with Gasteiger partial charge < -0.3 is 0 Å². The highest BCUT2D eigenvalue weighted by Gasteiger charge is 2.24. The molecule has 0 spiro atoms. The predicted molar refractivity (Wildman–Crippen MR) is 79.5 cm³/mol. The van der Waals surface area contributed by atoms with Gasteiger partial charge in [-0.3, -0.25) is 0 Å².